The van der Waals surface area contributed by atoms with Crippen molar-refractivity contribution in [3.63, 3.8) is 0 Å². The second-order valence-electron chi connectivity index (χ2n) is 5.64. The smallest absolute Gasteiger partial charge is 0.230 e. The second-order valence-corrected chi connectivity index (χ2v) is 5.64. The Bertz CT molecular complexity index is 895. The summed E-state index contributed by atoms with van der Waals surface area (Å²) in [4.78, 5) is 16.3. The molecule has 1 aromatic carbocycles. The Morgan fingerprint density at radius 2 is 2.00 bits per heavy atom. The van der Waals surface area contributed by atoms with Gasteiger partial charge in [-0.25, -0.2) is 4.98 Å². The molecule has 0 atom stereocenters. The van der Waals surface area contributed by atoms with Gasteiger partial charge in [0.05, 0.1) is 31.7 Å². The number of carbonyl (C=O) groups excluding carboxylic acids is 1. The fraction of sp³-hybridized carbons (Fsp3) is 0.158. The Labute approximate surface area is 145 Å². The minimum atomic E-state index is -0.166. The highest BCUT2D eigenvalue weighted by Crippen LogP contribution is 2.09. The number of anilines is 1. The lowest BCUT2D eigenvalue weighted by Gasteiger charge is -2.04. The van der Waals surface area contributed by atoms with Gasteiger partial charge in [0.15, 0.2) is 0 Å². The Morgan fingerprint density at radius 1 is 1.16 bits per heavy atom. The van der Waals surface area contributed by atoms with Crippen LogP contribution in [0.25, 0.3) is 0 Å². The molecule has 0 aliphatic carbocycles. The van der Waals surface area contributed by atoms with Crippen LogP contribution in [0.15, 0.2) is 61.1 Å². The lowest BCUT2D eigenvalue weighted by Crippen LogP contribution is -2.15. The molecule has 0 aliphatic heterocycles. The normalized spacial score (nSPS) is 10.2. The third kappa shape index (κ3) is 4.75. The van der Waals surface area contributed by atoms with Gasteiger partial charge in [0.1, 0.15) is 5.82 Å². The third-order valence-corrected chi connectivity index (χ3v) is 3.61. The van der Waals surface area contributed by atoms with Crippen LogP contribution in [0, 0.1) is 11.3 Å². The van der Waals surface area contributed by atoms with Crippen molar-refractivity contribution in [2.24, 2.45) is 0 Å². The molecule has 0 radical (unpaired) electrons. The number of nitriles is 1. The lowest BCUT2D eigenvalue weighted by molar-refractivity contribution is -0.115. The van der Waals surface area contributed by atoms with Crippen LogP contribution < -0.4 is 5.32 Å². The first-order valence-corrected chi connectivity index (χ1v) is 7.90. The highest BCUT2D eigenvalue weighted by atomic mass is 16.1. The van der Waals surface area contributed by atoms with Crippen LogP contribution in [0.4, 0.5) is 5.82 Å². The highest BCUT2D eigenvalue weighted by Gasteiger charge is 2.08. The molecule has 1 N–H and O–H groups in total. The average Bonchev–Trinajstić information content (AvgIpc) is 3.03. The molecule has 124 valence electrons. The molecule has 6 nitrogen and oxygen atoms in total. The van der Waals surface area contributed by atoms with E-state index in [9.17, 15) is 4.79 Å². The van der Waals surface area contributed by atoms with Crippen molar-refractivity contribution in [2.75, 3.05) is 5.32 Å². The fourth-order valence-electron chi connectivity index (χ4n) is 2.47. The number of carbonyl (C=O) groups is 1. The van der Waals surface area contributed by atoms with Crippen molar-refractivity contribution in [3.05, 3.63) is 77.7 Å². The van der Waals surface area contributed by atoms with Crippen LogP contribution in [0.1, 0.15) is 16.7 Å². The number of amides is 1. The molecule has 3 rings (SSSR count). The van der Waals surface area contributed by atoms with Crippen LogP contribution in [0.3, 0.4) is 0 Å². The van der Waals surface area contributed by atoms with E-state index in [0.29, 0.717) is 12.4 Å². The summed E-state index contributed by atoms with van der Waals surface area (Å²) in [6, 6.07) is 15.6. The molecule has 0 fully saturated rings. The molecule has 0 saturated carbocycles. The summed E-state index contributed by atoms with van der Waals surface area (Å²) in [6.07, 6.45) is 5.66. The van der Waals surface area contributed by atoms with Crippen molar-refractivity contribution in [1.82, 2.24) is 14.8 Å². The number of hydrogen-bond acceptors (Lipinski definition) is 4. The molecule has 6 heteroatoms. The van der Waals surface area contributed by atoms with E-state index in [1.807, 2.05) is 41.2 Å². The van der Waals surface area contributed by atoms with Gasteiger partial charge in [0.25, 0.3) is 0 Å². The zero-order chi connectivity index (χ0) is 17.5. The average molecular weight is 331 g/mol. The van der Waals surface area contributed by atoms with Crippen LogP contribution in [-0.2, 0) is 24.2 Å². The van der Waals surface area contributed by atoms with Gasteiger partial charge in [-0.05, 0) is 28.8 Å². The summed E-state index contributed by atoms with van der Waals surface area (Å²) >= 11 is 0. The van der Waals surface area contributed by atoms with Crippen LogP contribution in [-0.4, -0.2) is 20.7 Å². The molecule has 0 unspecified atom stereocenters. The number of benzene rings is 1. The minimum absolute atomic E-state index is 0.166. The Hall–Kier alpha value is -3.46. The van der Waals surface area contributed by atoms with E-state index < -0.39 is 0 Å². The van der Waals surface area contributed by atoms with E-state index in [4.69, 9.17) is 5.26 Å². The molecule has 2 aromatic heterocycles. The van der Waals surface area contributed by atoms with E-state index in [0.717, 1.165) is 16.7 Å². The van der Waals surface area contributed by atoms with Crippen molar-refractivity contribution < 1.29 is 4.79 Å². The summed E-state index contributed by atoms with van der Waals surface area (Å²) in [7, 11) is 0. The highest BCUT2D eigenvalue weighted by molar-refractivity contribution is 5.91. The van der Waals surface area contributed by atoms with Gasteiger partial charge in [-0.2, -0.15) is 10.4 Å². The lowest BCUT2D eigenvalue weighted by atomic mass is 10.2. The molecule has 0 spiro atoms. The monoisotopic (exact) mass is 331 g/mol. The van der Waals surface area contributed by atoms with E-state index in [-0.39, 0.29) is 18.7 Å². The van der Waals surface area contributed by atoms with Crippen LogP contribution in [0.5, 0.6) is 0 Å². The summed E-state index contributed by atoms with van der Waals surface area (Å²) in [5.41, 5.74) is 2.81. The van der Waals surface area contributed by atoms with Gasteiger partial charge in [-0.3, -0.25) is 9.48 Å². The number of pyridine rings is 1. The topological polar surface area (TPSA) is 83.6 Å². The first-order valence-electron chi connectivity index (χ1n) is 7.90. The molecule has 1 amide bonds. The number of nitrogens with zero attached hydrogens (tertiary/aromatic N) is 4. The standard InChI is InChI=1S/C19H17N5O/c20-8-6-15-7-9-21-18(10-15)23-19(25)11-17-12-22-24(14-17)13-16-4-2-1-3-5-16/h1-5,7,9-10,12,14H,6,11,13H2,(H,21,23,25). The molecular weight excluding hydrogens is 314 g/mol. The van der Waals surface area contributed by atoms with Gasteiger partial charge in [-0.15, -0.1) is 0 Å². The van der Waals surface area contributed by atoms with Crippen molar-refractivity contribution in [2.45, 2.75) is 19.4 Å². The number of nitrogens with one attached hydrogen (secondary N) is 1. The molecule has 2 heterocycles. The van der Waals surface area contributed by atoms with Gasteiger partial charge in [0, 0.05) is 12.4 Å². The molecule has 0 bridgehead atoms. The number of aromatic nitrogens is 3. The Kier molecular flexibility index (Phi) is 5.17. The number of hydrogen-bond donors (Lipinski definition) is 1. The van der Waals surface area contributed by atoms with E-state index in [1.165, 1.54) is 0 Å². The zero-order valence-corrected chi connectivity index (χ0v) is 13.6. The zero-order valence-electron chi connectivity index (χ0n) is 13.6. The quantitative estimate of drug-likeness (QED) is 0.752. The molecule has 0 aliphatic rings. The Morgan fingerprint density at radius 3 is 2.80 bits per heavy atom. The Balaban J connectivity index is 1.58. The first-order chi connectivity index (χ1) is 12.2. The van der Waals surface area contributed by atoms with Crippen molar-refractivity contribution in [3.8, 4) is 6.07 Å². The maximum atomic E-state index is 12.2. The first kappa shape index (κ1) is 16.4. The van der Waals surface area contributed by atoms with Gasteiger partial charge < -0.3 is 5.32 Å². The van der Waals surface area contributed by atoms with Crippen LogP contribution in [0.2, 0.25) is 0 Å². The largest absolute Gasteiger partial charge is 0.310 e. The number of rotatable bonds is 6. The molecule has 0 saturated heterocycles. The predicted octanol–water partition coefficient (Wildman–Crippen LogP) is 2.57. The predicted molar refractivity (Wildman–Crippen MR) is 93.7 cm³/mol. The van der Waals surface area contributed by atoms with E-state index in [1.54, 1.807) is 24.5 Å². The maximum Gasteiger partial charge on any atom is 0.230 e. The van der Waals surface area contributed by atoms with Gasteiger partial charge in [-0.1, -0.05) is 30.3 Å². The van der Waals surface area contributed by atoms with E-state index >= 15 is 0 Å². The molecule has 25 heavy (non-hydrogen) atoms. The SMILES string of the molecule is N#CCc1ccnc(NC(=O)Cc2cnn(Cc3ccccc3)c2)c1. The van der Waals surface area contributed by atoms with Gasteiger partial charge in [0.2, 0.25) is 5.91 Å². The van der Waals surface area contributed by atoms with E-state index in [2.05, 4.69) is 21.5 Å². The summed E-state index contributed by atoms with van der Waals surface area (Å²) in [6.45, 7) is 0.667. The minimum Gasteiger partial charge on any atom is -0.310 e. The maximum absolute atomic E-state index is 12.2. The van der Waals surface area contributed by atoms with Crippen LogP contribution >= 0.6 is 0 Å². The summed E-state index contributed by atoms with van der Waals surface area (Å²) < 4.78 is 1.81. The summed E-state index contributed by atoms with van der Waals surface area (Å²) in [5, 5.41) is 15.8. The van der Waals surface area contributed by atoms with Crippen molar-refractivity contribution in [1.29, 1.82) is 5.26 Å². The second kappa shape index (κ2) is 7.88. The molecular formula is C19H17N5O. The summed E-state index contributed by atoms with van der Waals surface area (Å²) in [5.74, 6) is 0.287. The third-order valence-electron chi connectivity index (χ3n) is 3.61. The van der Waals surface area contributed by atoms with Crippen molar-refractivity contribution >= 4 is 11.7 Å². The van der Waals surface area contributed by atoms with Gasteiger partial charge >= 0.3 is 0 Å². The molecule has 3 aromatic rings. The fourth-order valence-corrected chi connectivity index (χ4v) is 2.47.